The number of benzene rings is 1. The van der Waals surface area contributed by atoms with Crippen LogP contribution >= 0.6 is 0 Å². The molecule has 4 saturated carbocycles. The van der Waals surface area contributed by atoms with Gasteiger partial charge in [0.25, 0.3) is 0 Å². The first-order valence-corrected chi connectivity index (χ1v) is 10.6. The fourth-order valence-electron chi connectivity index (χ4n) is 6.18. The van der Waals surface area contributed by atoms with Gasteiger partial charge in [0, 0.05) is 12.1 Å². The molecule has 0 unspecified atom stereocenters. The zero-order valence-electron chi connectivity index (χ0n) is 16.7. The summed E-state index contributed by atoms with van der Waals surface area (Å²) in [6.07, 6.45) is 8.72. The van der Waals surface area contributed by atoms with Crippen LogP contribution in [0.4, 0.5) is 17.3 Å². The first-order chi connectivity index (χ1) is 14.0. The normalized spacial score (nSPS) is 29.6. The second kappa shape index (κ2) is 6.97. The van der Waals surface area contributed by atoms with E-state index in [-0.39, 0.29) is 22.0 Å². The molecule has 0 radical (unpaired) electrons. The summed E-state index contributed by atoms with van der Waals surface area (Å²) in [4.78, 5) is 20.1. The van der Waals surface area contributed by atoms with E-state index in [9.17, 15) is 10.1 Å². The molecule has 4 aliphatic rings. The van der Waals surface area contributed by atoms with Crippen LogP contribution in [0.3, 0.4) is 0 Å². The van der Waals surface area contributed by atoms with Gasteiger partial charge in [-0.25, -0.2) is 9.97 Å². The quantitative estimate of drug-likeness (QED) is 0.546. The molecule has 6 rings (SSSR count). The Kier molecular flexibility index (Phi) is 4.41. The van der Waals surface area contributed by atoms with Crippen LogP contribution in [-0.2, 0) is 6.54 Å². The molecule has 4 bridgehead atoms. The minimum atomic E-state index is -0.361. The zero-order chi connectivity index (χ0) is 20.0. The molecule has 1 aromatic carbocycles. The van der Waals surface area contributed by atoms with Gasteiger partial charge in [-0.15, -0.1) is 0 Å². The van der Waals surface area contributed by atoms with Crippen molar-refractivity contribution in [3.8, 4) is 0 Å². The Morgan fingerprint density at radius 3 is 2.21 bits per heavy atom. The maximum atomic E-state index is 11.9. The van der Waals surface area contributed by atoms with E-state index >= 15 is 0 Å². The van der Waals surface area contributed by atoms with E-state index in [0.29, 0.717) is 12.4 Å². The highest BCUT2D eigenvalue weighted by Gasteiger charge is 2.51. The number of hydrogen-bond acceptors (Lipinski definition) is 6. The number of anilines is 2. The molecule has 7 heteroatoms. The van der Waals surface area contributed by atoms with Gasteiger partial charge in [0.1, 0.15) is 6.33 Å². The third-order valence-electron chi connectivity index (χ3n) is 7.01. The van der Waals surface area contributed by atoms with Gasteiger partial charge in [0.2, 0.25) is 11.6 Å². The van der Waals surface area contributed by atoms with Crippen molar-refractivity contribution < 1.29 is 4.92 Å². The highest BCUT2D eigenvalue weighted by atomic mass is 16.6. The van der Waals surface area contributed by atoms with Crippen LogP contribution in [0, 0.1) is 34.8 Å². The lowest BCUT2D eigenvalue weighted by Crippen LogP contribution is -2.55. The van der Waals surface area contributed by atoms with E-state index in [1.165, 1.54) is 31.2 Å². The van der Waals surface area contributed by atoms with E-state index in [1.54, 1.807) is 0 Å². The van der Waals surface area contributed by atoms with Crippen molar-refractivity contribution in [1.82, 2.24) is 9.97 Å². The van der Waals surface area contributed by atoms with Gasteiger partial charge in [-0.1, -0.05) is 29.8 Å². The lowest BCUT2D eigenvalue weighted by molar-refractivity contribution is -0.383. The molecule has 152 valence electrons. The number of nitrogens with zero attached hydrogens (tertiary/aromatic N) is 3. The molecule has 0 aliphatic heterocycles. The van der Waals surface area contributed by atoms with Crippen molar-refractivity contribution in [1.29, 1.82) is 0 Å². The Labute approximate surface area is 170 Å². The van der Waals surface area contributed by atoms with Gasteiger partial charge in [-0.2, -0.15) is 0 Å². The first-order valence-electron chi connectivity index (χ1n) is 10.6. The maximum absolute atomic E-state index is 11.9. The Balaban J connectivity index is 1.39. The summed E-state index contributed by atoms with van der Waals surface area (Å²) in [6.45, 7) is 2.52. The second-order valence-corrected chi connectivity index (χ2v) is 9.34. The molecular formula is C22H27N5O2. The molecule has 1 aromatic heterocycles. The van der Waals surface area contributed by atoms with Crippen LogP contribution < -0.4 is 10.6 Å². The molecular weight excluding hydrogens is 366 g/mol. The van der Waals surface area contributed by atoms with Crippen LogP contribution in [0.2, 0.25) is 0 Å². The van der Waals surface area contributed by atoms with Gasteiger partial charge >= 0.3 is 5.69 Å². The fourth-order valence-corrected chi connectivity index (χ4v) is 6.18. The minimum Gasteiger partial charge on any atom is -0.360 e. The van der Waals surface area contributed by atoms with Crippen molar-refractivity contribution >= 4 is 17.3 Å². The highest BCUT2D eigenvalue weighted by Crippen LogP contribution is 2.57. The molecule has 2 aromatic rings. The molecule has 0 amide bonds. The number of nitrogens with one attached hydrogen (secondary N) is 2. The lowest BCUT2D eigenvalue weighted by Gasteiger charge is -2.57. The molecule has 7 nitrogen and oxygen atoms in total. The van der Waals surface area contributed by atoms with E-state index in [0.717, 1.165) is 42.6 Å². The van der Waals surface area contributed by atoms with E-state index in [1.807, 2.05) is 31.2 Å². The zero-order valence-corrected chi connectivity index (χ0v) is 16.7. The number of aryl methyl sites for hydroxylation is 1. The van der Waals surface area contributed by atoms with Crippen LogP contribution in [0.1, 0.15) is 49.7 Å². The largest absolute Gasteiger partial charge is 0.360 e. The van der Waals surface area contributed by atoms with Gasteiger partial charge in [-0.3, -0.25) is 10.1 Å². The third kappa shape index (κ3) is 3.54. The monoisotopic (exact) mass is 393 g/mol. The molecule has 29 heavy (non-hydrogen) atoms. The molecule has 1 heterocycles. The summed E-state index contributed by atoms with van der Waals surface area (Å²) in [5.74, 6) is 2.91. The standard InChI is InChI=1S/C22H27N5O2/c1-14-2-4-15(5-3-14)12-23-20-19(27(28)29)21(25-13-24-20)26-22-9-16-6-17(10-22)8-18(7-16)11-22/h2-5,13,16-18H,6-12H2,1H3,(H2,23,24,25,26). The molecule has 4 aliphatic carbocycles. The molecule has 0 spiro atoms. The molecule has 0 atom stereocenters. The molecule has 4 fully saturated rings. The number of aromatic nitrogens is 2. The van der Waals surface area contributed by atoms with Crippen molar-refractivity contribution in [3.05, 3.63) is 51.8 Å². The number of rotatable bonds is 6. The summed E-state index contributed by atoms with van der Waals surface area (Å²) in [6, 6.07) is 8.10. The topological polar surface area (TPSA) is 93.0 Å². The SMILES string of the molecule is Cc1ccc(CNc2ncnc(NC34CC5CC(CC(C5)C3)C4)c2[N+](=O)[O-])cc1. The lowest BCUT2D eigenvalue weighted by atomic mass is 9.53. The van der Waals surface area contributed by atoms with Crippen molar-refractivity contribution in [3.63, 3.8) is 0 Å². The van der Waals surface area contributed by atoms with Crippen LogP contribution in [0.25, 0.3) is 0 Å². The Hall–Kier alpha value is -2.70. The van der Waals surface area contributed by atoms with Crippen molar-refractivity contribution in [2.45, 2.75) is 57.5 Å². The van der Waals surface area contributed by atoms with Gasteiger partial charge < -0.3 is 10.6 Å². The Morgan fingerprint density at radius 1 is 1.03 bits per heavy atom. The Morgan fingerprint density at radius 2 is 1.62 bits per heavy atom. The summed E-state index contributed by atoms with van der Waals surface area (Å²) in [5, 5.41) is 18.6. The maximum Gasteiger partial charge on any atom is 0.353 e. The van der Waals surface area contributed by atoms with Gasteiger partial charge in [0.05, 0.1) is 4.92 Å². The highest BCUT2D eigenvalue weighted by molar-refractivity contribution is 5.70. The third-order valence-corrected chi connectivity index (χ3v) is 7.01. The van der Waals surface area contributed by atoms with E-state index in [2.05, 4.69) is 20.6 Å². The van der Waals surface area contributed by atoms with Crippen molar-refractivity contribution in [2.75, 3.05) is 10.6 Å². The van der Waals surface area contributed by atoms with Crippen LogP contribution in [0.5, 0.6) is 0 Å². The summed E-state index contributed by atoms with van der Waals surface area (Å²) >= 11 is 0. The van der Waals surface area contributed by atoms with E-state index in [4.69, 9.17) is 0 Å². The van der Waals surface area contributed by atoms with Gasteiger partial charge in [-0.05, 0) is 68.8 Å². The summed E-state index contributed by atoms with van der Waals surface area (Å²) < 4.78 is 0. The summed E-state index contributed by atoms with van der Waals surface area (Å²) in [5.41, 5.74) is 2.15. The van der Waals surface area contributed by atoms with Crippen molar-refractivity contribution in [2.24, 2.45) is 17.8 Å². The van der Waals surface area contributed by atoms with Crippen LogP contribution in [0.15, 0.2) is 30.6 Å². The smallest absolute Gasteiger partial charge is 0.353 e. The Bertz CT molecular complexity index is 892. The predicted molar refractivity (Wildman–Crippen MR) is 112 cm³/mol. The molecule has 0 saturated heterocycles. The fraction of sp³-hybridized carbons (Fsp3) is 0.545. The number of nitro groups is 1. The average Bonchev–Trinajstić information content (AvgIpc) is 2.66. The average molecular weight is 393 g/mol. The van der Waals surface area contributed by atoms with E-state index < -0.39 is 0 Å². The summed E-state index contributed by atoms with van der Waals surface area (Å²) in [7, 11) is 0. The van der Waals surface area contributed by atoms with Gasteiger partial charge in [0.15, 0.2) is 0 Å². The first kappa shape index (κ1) is 18.3. The molecule has 2 N–H and O–H groups in total. The number of hydrogen-bond donors (Lipinski definition) is 2. The van der Waals surface area contributed by atoms with Crippen LogP contribution in [-0.4, -0.2) is 20.4 Å². The predicted octanol–water partition coefficient (Wildman–Crippen LogP) is 4.69. The minimum absolute atomic E-state index is 0.0396. The second-order valence-electron chi connectivity index (χ2n) is 9.34.